The Hall–Kier alpha value is -3.54. The highest BCUT2D eigenvalue weighted by molar-refractivity contribution is 5.95. The molecule has 2 bridgehead atoms. The molecule has 0 saturated carbocycles. The lowest BCUT2D eigenvalue weighted by molar-refractivity contribution is -0.132. The van der Waals surface area contributed by atoms with E-state index in [1.165, 1.54) is 0 Å². The van der Waals surface area contributed by atoms with Crippen LogP contribution in [0.2, 0.25) is 0 Å². The standard InChI is InChI=1S/C27H29N3O3/c1-33-22-12-9-20(10-13-22)18-29-26(32)27(16-19-6-3-2-4-7-19)17-21-11-14-24(27)30(21)25(31)23-8-5-15-28-23/h2-10,12-13,15,21,24,28H,11,14,16-18H2,1H3,(H,29,32)/t21-,24+,27+/m1/s1. The summed E-state index contributed by atoms with van der Waals surface area (Å²) in [6.07, 6.45) is 4.87. The van der Waals surface area contributed by atoms with Crippen molar-refractivity contribution in [1.29, 1.82) is 0 Å². The normalized spacial score (nSPS) is 23.5. The van der Waals surface area contributed by atoms with E-state index in [1.54, 1.807) is 13.3 Å². The Morgan fingerprint density at radius 1 is 1.03 bits per heavy atom. The van der Waals surface area contributed by atoms with Gasteiger partial charge in [-0.2, -0.15) is 0 Å². The molecule has 3 aromatic rings. The molecule has 3 heterocycles. The summed E-state index contributed by atoms with van der Waals surface area (Å²) in [5, 5.41) is 3.19. The maximum atomic E-state index is 13.8. The van der Waals surface area contributed by atoms with Crippen LogP contribution < -0.4 is 10.1 Å². The number of aromatic amines is 1. The SMILES string of the molecule is COc1ccc(CNC(=O)[C@@]2(Cc3ccccc3)C[C@H]3CC[C@@H]2N3C(=O)c2ccc[nH]2)cc1. The third-order valence-corrected chi connectivity index (χ3v) is 7.23. The van der Waals surface area contributed by atoms with E-state index in [-0.39, 0.29) is 23.9 Å². The number of hydrogen-bond donors (Lipinski definition) is 2. The van der Waals surface area contributed by atoms with Gasteiger partial charge >= 0.3 is 0 Å². The molecule has 3 atom stereocenters. The van der Waals surface area contributed by atoms with Crippen LogP contribution >= 0.6 is 0 Å². The molecule has 2 fully saturated rings. The Morgan fingerprint density at radius 3 is 2.52 bits per heavy atom. The van der Waals surface area contributed by atoms with Crippen LogP contribution in [0.5, 0.6) is 5.75 Å². The van der Waals surface area contributed by atoms with Crippen molar-refractivity contribution in [2.24, 2.45) is 5.41 Å². The molecule has 170 valence electrons. The maximum absolute atomic E-state index is 13.8. The van der Waals surface area contributed by atoms with Crippen molar-refractivity contribution >= 4 is 11.8 Å². The van der Waals surface area contributed by atoms with Crippen molar-refractivity contribution in [3.63, 3.8) is 0 Å². The van der Waals surface area contributed by atoms with Gasteiger partial charge < -0.3 is 19.9 Å². The number of nitrogens with zero attached hydrogens (tertiary/aromatic N) is 1. The van der Waals surface area contributed by atoms with Crippen LogP contribution in [-0.4, -0.2) is 40.9 Å². The maximum Gasteiger partial charge on any atom is 0.270 e. The van der Waals surface area contributed by atoms with Crippen molar-refractivity contribution in [2.75, 3.05) is 7.11 Å². The van der Waals surface area contributed by atoms with Crippen LogP contribution in [0, 0.1) is 5.41 Å². The minimum absolute atomic E-state index is 0.00890. The van der Waals surface area contributed by atoms with Gasteiger partial charge in [0.25, 0.3) is 5.91 Å². The van der Waals surface area contributed by atoms with Gasteiger partial charge in [0.05, 0.1) is 12.5 Å². The second kappa shape index (κ2) is 8.77. The lowest BCUT2D eigenvalue weighted by Crippen LogP contribution is -2.51. The van der Waals surface area contributed by atoms with Crippen LogP contribution in [0.15, 0.2) is 72.9 Å². The van der Waals surface area contributed by atoms with Crippen LogP contribution in [-0.2, 0) is 17.8 Å². The van der Waals surface area contributed by atoms with E-state index in [2.05, 4.69) is 22.4 Å². The number of rotatable bonds is 7. The van der Waals surface area contributed by atoms with Gasteiger partial charge in [0.1, 0.15) is 11.4 Å². The number of nitrogens with one attached hydrogen (secondary N) is 2. The van der Waals surface area contributed by atoms with Gasteiger partial charge in [-0.3, -0.25) is 9.59 Å². The molecule has 2 aliphatic rings. The summed E-state index contributed by atoms with van der Waals surface area (Å²) in [5.41, 5.74) is 2.08. The minimum Gasteiger partial charge on any atom is -0.497 e. The van der Waals surface area contributed by atoms with Crippen LogP contribution in [0.3, 0.4) is 0 Å². The zero-order chi connectivity index (χ0) is 22.8. The average Bonchev–Trinajstić information content (AvgIpc) is 3.59. The van der Waals surface area contributed by atoms with Gasteiger partial charge in [0.15, 0.2) is 0 Å². The first kappa shape index (κ1) is 21.3. The van der Waals surface area contributed by atoms with Gasteiger partial charge in [-0.1, -0.05) is 42.5 Å². The lowest BCUT2D eigenvalue weighted by atomic mass is 9.69. The fourth-order valence-corrected chi connectivity index (χ4v) is 5.67. The number of H-pyrrole nitrogens is 1. The van der Waals surface area contributed by atoms with E-state index in [1.807, 2.05) is 59.5 Å². The molecule has 0 unspecified atom stereocenters. The Kier molecular flexibility index (Phi) is 5.67. The molecule has 2 saturated heterocycles. The average molecular weight is 444 g/mol. The summed E-state index contributed by atoms with van der Waals surface area (Å²) in [5.74, 6) is 0.807. The number of carbonyl (C=O) groups excluding carboxylic acids is 2. The molecule has 0 aliphatic carbocycles. The summed E-state index contributed by atoms with van der Waals surface area (Å²) in [6.45, 7) is 0.446. The zero-order valence-corrected chi connectivity index (χ0v) is 18.8. The van der Waals surface area contributed by atoms with Crippen molar-refractivity contribution in [3.8, 4) is 5.75 Å². The topological polar surface area (TPSA) is 74.4 Å². The Balaban J connectivity index is 1.41. The third kappa shape index (κ3) is 3.90. The number of methoxy groups -OCH3 is 1. The van der Waals surface area contributed by atoms with Gasteiger partial charge in [-0.05, 0) is 61.1 Å². The number of amides is 2. The molecule has 0 spiro atoms. The van der Waals surface area contributed by atoms with E-state index in [0.717, 1.165) is 29.7 Å². The molecule has 2 N–H and O–H groups in total. The van der Waals surface area contributed by atoms with Crippen molar-refractivity contribution in [3.05, 3.63) is 89.7 Å². The van der Waals surface area contributed by atoms with E-state index < -0.39 is 5.41 Å². The van der Waals surface area contributed by atoms with Gasteiger partial charge in [-0.25, -0.2) is 0 Å². The second-order valence-electron chi connectivity index (χ2n) is 9.10. The summed E-state index contributed by atoms with van der Waals surface area (Å²) in [7, 11) is 1.64. The summed E-state index contributed by atoms with van der Waals surface area (Å²) < 4.78 is 5.23. The predicted molar refractivity (Wildman–Crippen MR) is 126 cm³/mol. The minimum atomic E-state index is -0.640. The van der Waals surface area contributed by atoms with Crippen molar-refractivity contribution in [2.45, 2.75) is 44.3 Å². The largest absolute Gasteiger partial charge is 0.497 e. The molecular weight excluding hydrogens is 414 g/mol. The molecule has 5 rings (SSSR count). The van der Waals surface area contributed by atoms with Crippen molar-refractivity contribution in [1.82, 2.24) is 15.2 Å². The van der Waals surface area contributed by atoms with Gasteiger partial charge in [0.2, 0.25) is 5.91 Å². The first-order valence-corrected chi connectivity index (χ1v) is 11.5. The molecule has 2 aromatic carbocycles. The number of hydrogen-bond acceptors (Lipinski definition) is 3. The molecule has 2 aliphatic heterocycles. The number of carbonyl (C=O) groups is 2. The zero-order valence-electron chi connectivity index (χ0n) is 18.8. The molecule has 1 aromatic heterocycles. The Labute approximate surface area is 194 Å². The summed E-state index contributed by atoms with van der Waals surface area (Å²) in [4.78, 5) is 32.2. The number of benzene rings is 2. The van der Waals surface area contributed by atoms with Gasteiger partial charge in [-0.15, -0.1) is 0 Å². The van der Waals surface area contributed by atoms with Gasteiger partial charge in [0, 0.05) is 24.8 Å². The van der Waals surface area contributed by atoms with E-state index in [0.29, 0.717) is 25.1 Å². The monoisotopic (exact) mass is 443 g/mol. The first-order chi connectivity index (χ1) is 16.1. The van der Waals surface area contributed by atoms with E-state index in [4.69, 9.17) is 4.74 Å². The van der Waals surface area contributed by atoms with E-state index >= 15 is 0 Å². The Bertz CT molecular complexity index is 1110. The fraction of sp³-hybridized carbons (Fsp3) is 0.333. The van der Waals surface area contributed by atoms with Crippen LogP contribution in [0.25, 0.3) is 0 Å². The van der Waals surface area contributed by atoms with Crippen LogP contribution in [0.1, 0.15) is 40.9 Å². The fourth-order valence-electron chi connectivity index (χ4n) is 5.67. The first-order valence-electron chi connectivity index (χ1n) is 11.5. The quantitative estimate of drug-likeness (QED) is 0.581. The third-order valence-electron chi connectivity index (χ3n) is 7.23. The van der Waals surface area contributed by atoms with Crippen LogP contribution in [0.4, 0.5) is 0 Å². The molecule has 2 amide bonds. The smallest absolute Gasteiger partial charge is 0.270 e. The highest BCUT2D eigenvalue weighted by atomic mass is 16.5. The number of ether oxygens (including phenoxy) is 1. The highest BCUT2D eigenvalue weighted by Crippen LogP contribution is 2.52. The number of fused-ring (bicyclic) bond motifs is 2. The molecule has 0 radical (unpaired) electrons. The lowest BCUT2D eigenvalue weighted by Gasteiger charge is -2.36. The molecule has 6 heteroatoms. The summed E-state index contributed by atoms with van der Waals surface area (Å²) in [6, 6.07) is 21.5. The number of aromatic nitrogens is 1. The molecule has 6 nitrogen and oxygen atoms in total. The Morgan fingerprint density at radius 2 is 1.82 bits per heavy atom. The molecule has 33 heavy (non-hydrogen) atoms. The highest BCUT2D eigenvalue weighted by Gasteiger charge is 2.61. The summed E-state index contributed by atoms with van der Waals surface area (Å²) >= 11 is 0. The van der Waals surface area contributed by atoms with E-state index in [9.17, 15) is 9.59 Å². The van der Waals surface area contributed by atoms with Crippen molar-refractivity contribution < 1.29 is 14.3 Å². The second-order valence-corrected chi connectivity index (χ2v) is 9.10. The predicted octanol–water partition coefficient (Wildman–Crippen LogP) is 3.95. The molecular formula is C27H29N3O3.